The number of hydrogen-bond donors (Lipinski definition) is 2. The lowest BCUT2D eigenvalue weighted by Crippen LogP contribution is -2.20. The molecule has 0 aliphatic carbocycles. The Bertz CT molecular complexity index is 379. The molecule has 0 unspecified atom stereocenters. The molecule has 5 heteroatoms. The average Bonchev–Trinajstić information content (AvgIpc) is 2.14. The van der Waals surface area contributed by atoms with Crippen LogP contribution in [0.1, 0.15) is 11.1 Å². The van der Waals surface area contributed by atoms with Gasteiger partial charge < -0.3 is 15.6 Å². The average molecular weight is 274 g/mol. The molecule has 0 spiro atoms. The molecule has 0 aliphatic heterocycles. The van der Waals surface area contributed by atoms with Crippen molar-refractivity contribution < 1.29 is 14.6 Å². The number of halogens is 1. The van der Waals surface area contributed by atoms with Gasteiger partial charge in [0.25, 0.3) is 5.91 Å². The summed E-state index contributed by atoms with van der Waals surface area (Å²) in [5.74, 6) is -0.0271. The van der Waals surface area contributed by atoms with E-state index in [4.69, 9.17) is 15.6 Å². The number of primary amides is 1. The molecule has 0 atom stereocenters. The zero-order chi connectivity index (χ0) is 11.4. The van der Waals surface area contributed by atoms with E-state index in [-0.39, 0.29) is 13.2 Å². The van der Waals surface area contributed by atoms with Crippen LogP contribution in [0.2, 0.25) is 0 Å². The molecule has 1 aromatic rings. The van der Waals surface area contributed by atoms with E-state index in [1.165, 1.54) is 0 Å². The zero-order valence-corrected chi connectivity index (χ0v) is 9.87. The van der Waals surface area contributed by atoms with Crippen molar-refractivity contribution in [1.82, 2.24) is 0 Å². The second-order valence-corrected chi connectivity index (χ2v) is 4.04. The summed E-state index contributed by atoms with van der Waals surface area (Å²) in [6.07, 6.45) is 0. The first-order valence-corrected chi connectivity index (χ1v) is 5.15. The van der Waals surface area contributed by atoms with Crippen LogP contribution >= 0.6 is 15.9 Å². The lowest BCUT2D eigenvalue weighted by Gasteiger charge is -2.12. The van der Waals surface area contributed by atoms with Crippen LogP contribution in [0.15, 0.2) is 16.6 Å². The number of benzene rings is 1. The minimum Gasteiger partial charge on any atom is -0.483 e. The fourth-order valence-electron chi connectivity index (χ4n) is 1.27. The van der Waals surface area contributed by atoms with Crippen LogP contribution in [0, 0.1) is 6.92 Å². The van der Waals surface area contributed by atoms with Gasteiger partial charge in [0.2, 0.25) is 0 Å². The van der Waals surface area contributed by atoms with Crippen LogP contribution in [0.5, 0.6) is 5.75 Å². The minimum absolute atomic E-state index is 0.144. The summed E-state index contributed by atoms with van der Waals surface area (Å²) in [6.45, 7) is 1.50. The molecule has 0 radical (unpaired) electrons. The molecular weight excluding hydrogens is 262 g/mol. The van der Waals surface area contributed by atoms with Crippen molar-refractivity contribution >= 4 is 21.8 Å². The maximum atomic E-state index is 10.6. The quantitative estimate of drug-likeness (QED) is 0.864. The highest BCUT2D eigenvalue weighted by Crippen LogP contribution is 2.27. The number of aliphatic hydroxyl groups excluding tert-OH is 1. The lowest BCUT2D eigenvalue weighted by molar-refractivity contribution is -0.119. The number of aryl methyl sites for hydroxylation is 1. The van der Waals surface area contributed by atoms with Gasteiger partial charge in [-0.1, -0.05) is 15.9 Å². The van der Waals surface area contributed by atoms with Gasteiger partial charge in [-0.15, -0.1) is 0 Å². The molecule has 0 saturated carbocycles. The van der Waals surface area contributed by atoms with E-state index in [9.17, 15) is 4.79 Å². The molecule has 0 aliphatic rings. The van der Waals surface area contributed by atoms with Crippen molar-refractivity contribution in [3.63, 3.8) is 0 Å². The van der Waals surface area contributed by atoms with Crippen molar-refractivity contribution in [1.29, 1.82) is 0 Å². The van der Waals surface area contributed by atoms with Crippen LogP contribution < -0.4 is 10.5 Å². The number of amides is 1. The normalized spacial score (nSPS) is 10.1. The SMILES string of the molecule is Cc1cc(Br)cc(CO)c1OCC(N)=O. The first-order valence-electron chi connectivity index (χ1n) is 4.35. The maximum absolute atomic E-state index is 10.6. The number of nitrogens with two attached hydrogens (primary N) is 1. The largest absolute Gasteiger partial charge is 0.483 e. The van der Waals surface area contributed by atoms with E-state index in [1.54, 1.807) is 6.07 Å². The molecule has 1 aromatic carbocycles. The van der Waals surface area contributed by atoms with Crippen LogP contribution in [0.25, 0.3) is 0 Å². The van der Waals surface area contributed by atoms with E-state index < -0.39 is 5.91 Å². The number of hydrogen-bond acceptors (Lipinski definition) is 3. The smallest absolute Gasteiger partial charge is 0.255 e. The Hall–Kier alpha value is -1.07. The Morgan fingerprint density at radius 1 is 1.60 bits per heavy atom. The summed E-state index contributed by atoms with van der Waals surface area (Å²) in [6, 6.07) is 3.58. The highest BCUT2D eigenvalue weighted by atomic mass is 79.9. The molecule has 1 amide bonds. The van der Waals surface area contributed by atoms with E-state index in [0.29, 0.717) is 11.3 Å². The number of rotatable bonds is 4. The summed E-state index contributed by atoms with van der Waals surface area (Å²) in [5, 5.41) is 9.12. The molecule has 0 saturated heterocycles. The van der Waals surface area contributed by atoms with Crippen LogP contribution in [0.3, 0.4) is 0 Å². The molecule has 1 rings (SSSR count). The Morgan fingerprint density at radius 2 is 2.27 bits per heavy atom. The molecule has 82 valence electrons. The monoisotopic (exact) mass is 273 g/mol. The Kier molecular flexibility index (Phi) is 4.11. The van der Waals surface area contributed by atoms with Crippen LogP contribution in [-0.2, 0) is 11.4 Å². The number of carbonyl (C=O) groups is 1. The summed E-state index contributed by atoms with van der Waals surface area (Å²) >= 11 is 3.31. The molecule has 15 heavy (non-hydrogen) atoms. The Labute approximate surface area is 96.2 Å². The van der Waals surface area contributed by atoms with E-state index in [0.717, 1.165) is 10.0 Å². The molecule has 0 heterocycles. The number of aliphatic hydroxyl groups is 1. The first kappa shape index (κ1) is 12.0. The highest BCUT2D eigenvalue weighted by molar-refractivity contribution is 9.10. The van der Waals surface area contributed by atoms with E-state index in [1.807, 2.05) is 13.0 Å². The van der Waals surface area contributed by atoms with Gasteiger partial charge in [-0.3, -0.25) is 4.79 Å². The van der Waals surface area contributed by atoms with Gasteiger partial charge in [0.05, 0.1) is 6.61 Å². The summed E-state index contributed by atoms with van der Waals surface area (Å²) in [7, 11) is 0. The van der Waals surface area contributed by atoms with E-state index in [2.05, 4.69) is 15.9 Å². The van der Waals surface area contributed by atoms with Gasteiger partial charge in [0.15, 0.2) is 6.61 Å². The van der Waals surface area contributed by atoms with Crippen molar-refractivity contribution in [3.8, 4) is 5.75 Å². The third-order valence-corrected chi connectivity index (χ3v) is 2.30. The second-order valence-electron chi connectivity index (χ2n) is 3.12. The third-order valence-electron chi connectivity index (χ3n) is 1.85. The summed E-state index contributed by atoms with van der Waals surface area (Å²) < 4.78 is 6.08. The van der Waals surface area contributed by atoms with Crippen LogP contribution in [-0.4, -0.2) is 17.6 Å². The Balaban J connectivity index is 2.98. The fourth-order valence-corrected chi connectivity index (χ4v) is 1.89. The van der Waals surface area contributed by atoms with Gasteiger partial charge >= 0.3 is 0 Å². The third kappa shape index (κ3) is 3.21. The molecule has 0 bridgehead atoms. The van der Waals surface area contributed by atoms with Gasteiger partial charge in [-0.25, -0.2) is 0 Å². The number of ether oxygens (including phenoxy) is 1. The zero-order valence-electron chi connectivity index (χ0n) is 8.29. The summed E-state index contributed by atoms with van der Waals surface area (Å²) in [4.78, 5) is 10.6. The van der Waals surface area contributed by atoms with Gasteiger partial charge in [0.1, 0.15) is 5.75 Å². The van der Waals surface area contributed by atoms with Crippen molar-refractivity contribution in [2.45, 2.75) is 13.5 Å². The number of carbonyl (C=O) groups excluding carboxylic acids is 1. The molecular formula is C10H12BrNO3. The van der Waals surface area contributed by atoms with Crippen molar-refractivity contribution in [2.24, 2.45) is 5.73 Å². The van der Waals surface area contributed by atoms with Crippen molar-refractivity contribution in [2.75, 3.05) is 6.61 Å². The van der Waals surface area contributed by atoms with Crippen LogP contribution in [0.4, 0.5) is 0 Å². The van der Waals surface area contributed by atoms with Gasteiger partial charge in [-0.05, 0) is 24.6 Å². The topological polar surface area (TPSA) is 72.6 Å². The second kappa shape index (κ2) is 5.14. The molecule has 3 N–H and O–H groups in total. The predicted octanol–water partition coefficient (Wildman–Crippen LogP) is 1.11. The molecule has 0 fully saturated rings. The standard InChI is InChI=1S/C10H12BrNO3/c1-6-2-8(11)3-7(4-13)10(6)15-5-9(12)14/h2-3,13H,4-5H2,1H3,(H2,12,14). The predicted molar refractivity (Wildman–Crippen MR) is 59.5 cm³/mol. The molecule has 0 aromatic heterocycles. The Morgan fingerprint density at radius 3 is 2.80 bits per heavy atom. The van der Waals surface area contributed by atoms with Gasteiger partial charge in [0, 0.05) is 10.0 Å². The maximum Gasteiger partial charge on any atom is 0.255 e. The lowest BCUT2D eigenvalue weighted by atomic mass is 10.1. The first-order chi connectivity index (χ1) is 7.04. The van der Waals surface area contributed by atoms with Crippen molar-refractivity contribution in [3.05, 3.63) is 27.7 Å². The fraction of sp³-hybridized carbons (Fsp3) is 0.300. The highest BCUT2D eigenvalue weighted by Gasteiger charge is 2.09. The van der Waals surface area contributed by atoms with E-state index >= 15 is 0 Å². The summed E-state index contributed by atoms with van der Waals surface area (Å²) in [5.41, 5.74) is 6.45. The van der Waals surface area contributed by atoms with Gasteiger partial charge in [-0.2, -0.15) is 0 Å². The molecule has 4 nitrogen and oxygen atoms in total. The minimum atomic E-state index is -0.541.